The number of rotatable bonds is 3. The number of hydrogen-bond acceptors (Lipinski definition) is 2. The van der Waals surface area contributed by atoms with Crippen LogP contribution in [0.5, 0.6) is 0 Å². The molecule has 82 valence electrons. The molecule has 0 aromatic carbocycles. The first-order chi connectivity index (χ1) is 7.22. The van der Waals surface area contributed by atoms with Crippen LogP contribution in [0.1, 0.15) is 43.6 Å². The maximum Gasteiger partial charge on any atom is 0.183 e. The number of hydrogen-bond donors (Lipinski definition) is 0. The van der Waals surface area contributed by atoms with E-state index in [1.165, 1.54) is 6.42 Å². The monoisotopic (exact) mass is 206 g/mol. The van der Waals surface area contributed by atoms with E-state index in [2.05, 4.69) is 12.0 Å². The Balaban J connectivity index is 2.14. The molecule has 2 atom stereocenters. The summed E-state index contributed by atoms with van der Waals surface area (Å²) in [5, 5.41) is 4.14. The van der Waals surface area contributed by atoms with Crippen molar-refractivity contribution in [1.82, 2.24) is 9.78 Å². The fraction of sp³-hybridized carbons (Fsp3) is 0.667. The Kier molecular flexibility index (Phi) is 2.89. The SMILES string of the molecule is CCn1nccc1C(=O)C1CCC(C)C1. The van der Waals surface area contributed by atoms with Crippen LogP contribution >= 0.6 is 0 Å². The van der Waals surface area contributed by atoms with Crippen molar-refractivity contribution in [2.24, 2.45) is 11.8 Å². The molecule has 2 unspecified atom stereocenters. The lowest BCUT2D eigenvalue weighted by Gasteiger charge is -2.09. The summed E-state index contributed by atoms with van der Waals surface area (Å²) in [5.74, 6) is 1.23. The number of aryl methyl sites for hydroxylation is 1. The van der Waals surface area contributed by atoms with Crippen molar-refractivity contribution in [1.29, 1.82) is 0 Å². The molecule has 3 heteroatoms. The van der Waals surface area contributed by atoms with Gasteiger partial charge in [-0.05, 0) is 38.2 Å². The smallest absolute Gasteiger partial charge is 0.183 e. The highest BCUT2D eigenvalue weighted by Crippen LogP contribution is 2.32. The standard InChI is InChI=1S/C12H18N2O/c1-3-14-11(6-7-13-14)12(15)10-5-4-9(2)8-10/h6-7,9-10H,3-5,8H2,1-2H3. The highest BCUT2D eigenvalue weighted by atomic mass is 16.1. The third-order valence-corrected chi connectivity index (χ3v) is 3.33. The van der Waals surface area contributed by atoms with Crippen LogP contribution in [0.2, 0.25) is 0 Å². The van der Waals surface area contributed by atoms with Crippen molar-refractivity contribution >= 4 is 5.78 Å². The molecule has 0 N–H and O–H groups in total. The lowest BCUT2D eigenvalue weighted by molar-refractivity contribution is 0.0909. The summed E-state index contributed by atoms with van der Waals surface area (Å²) in [6.45, 7) is 5.02. The number of ketones is 1. The summed E-state index contributed by atoms with van der Waals surface area (Å²) in [7, 11) is 0. The zero-order valence-electron chi connectivity index (χ0n) is 9.44. The zero-order valence-corrected chi connectivity index (χ0v) is 9.44. The van der Waals surface area contributed by atoms with E-state index in [4.69, 9.17) is 0 Å². The molecule has 0 aliphatic heterocycles. The van der Waals surface area contributed by atoms with Crippen LogP contribution < -0.4 is 0 Å². The fourth-order valence-corrected chi connectivity index (χ4v) is 2.45. The summed E-state index contributed by atoms with van der Waals surface area (Å²) in [6.07, 6.45) is 5.01. The van der Waals surface area contributed by atoms with Gasteiger partial charge in [-0.3, -0.25) is 9.48 Å². The average Bonchev–Trinajstić information content (AvgIpc) is 2.84. The van der Waals surface area contributed by atoms with Gasteiger partial charge in [0.15, 0.2) is 5.78 Å². The number of aromatic nitrogens is 2. The second-order valence-corrected chi connectivity index (χ2v) is 4.51. The van der Waals surface area contributed by atoms with E-state index in [0.29, 0.717) is 11.7 Å². The van der Waals surface area contributed by atoms with Gasteiger partial charge in [-0.1, -0.05) is 6.92 Å². The third kappa shape index (κ3) is 1.96. The van der Waals surface area contributed by atoms with Crippen molar-refractivity contribution in [3.05, 3.63) is 18.0 Å². The van der Waals surface area contributed by atoms with Crippen molar-refractivity contribution in [2.45, 2.75) is 39.7 Å². The van der Waals surface area contributed by atoms with Crippen molar-refractivity contribution < 1.29 is 4.79 Å². The lowest BCUT2D eigenvalue weighted by atomic mass is 9.99. The van der Waals surface area contributed by atoms with Crippen molar-refractivity contribution in [3.63, 3.8) is 0 Å². The number of Topliss-reactive ketones (excluding diaryl/α,β-unsaturated/α-hetero) is 1. The van der Waals surface area contributed by atoms with Gasteiger partial charge >= 0.3 is 0 Å². The van der Waals surface area contributed by atoms with Crippen molar-refractivity contribution in [2.75, 3.05) is 0 Å². The molecule has 1 fully saturated rings. The van der Waals surface area contributed by atoms with E-state index in [1.54, 1.807) is 10.9 Å². The van der Waals surface area contributed by atoms with Gasteiger partial charge in [-0.2, -0.15) is 5.10 Å². The average molecular weight is 206 g/mol. The number of carbonyl (C=O) groups excluding carboxylic acids is 1. The third-order valence-electron chi connectivity index (χ3n) is 3.33. The van der Waals surface area contributed by atoms with E-state index >= 15 is 0 Å². The van der Waals surface area contributed by atoms with Gasteiger partial charge in [0, 0.05) is 18.7 Å². The summed E-state index contributed by atoms with van der Waals surface area (Å²) >= 11 is 0. The molecular formula is C12H18N2O. The molecule has 0 radical (unpaired) electrons. The summed E-state index contributed by atoms with van der Waals surface area (Å²) in [4.78, 5) is 12.2. The summed E-state index contributed by atoms with van der Waals surface area (Å²) in [5.41, 5.74) is 0.789. The predicted molar refractivity (Wildman–Crippen MR) is 58.7 cm³/mol. The Morgan fingerprint density at radius 2 is 2.40 bits per heavy atom. The van der Waals surface area contributed by atoms with Gasteiger partial charge in [-0.15, -0.1) is 0 Å². The normalized spacial score (nSPS) is 25.7. The second-order valence-electron chi connectivity index (χ2n) is 4.51. The largest absolute Gasteiger partial charge is 0.292 e. The van der Waals surface area contributed by atoms with Crippen LogP contribution in [0.15, 0.2) is 12.3 Å². The van der Waals surface area contributed by atoms with Gasteiger partial charge in [0.25, 0.3) is 0 Å². The molecule has 1 aliphatic rings. The fourth-order valence-electron chi connectivity index (χ4n) is 2.45. The van der Waals surface area contributed by atoms with Gasteiger partial charge in [0.1, 0.15) is 5.69 Å². The first-order valence-electron chi connectivity index (χ1n) is 5.78. The summed E-state index contributed by atoms with van der Waals surface area (Å²) < 4.78 is 1.80. The van der Waals surface area contributed by atoms with Crippen LogP contribution in [0.4, 0.5) is 0 Å². The molecule has 1 aromatic rings. The van der Waals surface area contributed by atoms with Crippen LogP contribution in [0.25, 0.3) is 0 Å². The first kappa shape index (κ1) is 10.4. The predicted octanol–water partition coefficient (Wildman–Crippen LogP) is 2.52. The van der Waals surface area contributed by atoms with E-state index < -0.39 is 0 Å². The number of nitrogens with zero attached hydrogens (tertiary/aromatic N) is 2. The van der Waals surface area contributed by atoms with E-state index in [0.717, 1.165) is 25.1 Å². The molecule has 0 amide bonds. The van der Waals surface area contributed by atoms with Crippen LogP contribution in [0.3, 0.4) is 0 Å². The van der Waals surface area contributed by atoms with Crippen LogP contribution in [-0.2, 0) is 6.54 Å². The highest BCUT2D eigenvalue weighted by Gasteiger charge is 2.29. The van der Waals surface area contributed by atoms with Gasteiger partial charge in [0.05, 0.1) is 0 Å². The van der Waals surface area contributed by atoms with Crippen LogP contribution in [0, 0.1) is 11.8 Å². The maximum atomic E-state index is 12.2. The molecule has 1 saturated carbocycles. The van der Waals surface area contributed by atoms with Gasteiger partial charge in [-0.25, -0.2) is 0 Å². The Hall–Kier alpha value is -1.12. The molecule has 0 spiro atoms. The van der Waals surface area contributed by atoms with E-state index in [-0.39, 0.29) is 5.92 Å². The minimum absolute atomic E-state index is 0.238. The Bertz CT molecular complexity index is 356. The Morgan fingerprint density at radius 3 is 3.00 bits per heavy atom. The molecular weight excluding hydrogens is 188 g/mol. The van der Waals surface area contributed by atoms with Crippen molar-refractivity contribution in [3.8, 4) is 0 Å². The van der Waals surface area contributed by atoms with E-state index in [1.807, 2.05) is 13.0 Å². The molecule has 1 aliphatic carbocycles. The Morgan fingerprint density at radius 1 is 1.60 bits per heavy atom. The summed E-state index contributed by atoms with van der Waals surface area (Å²) in [6, 6.07) is 1.84. The Labute approximate surface area is 90.5 Å². The number of carbonyl (C=O) groups is 1. The second kappa shape index (κ2) is 4.17. The minimum Gasteiger partial charge on any atom is -0.292 e. The zero-order chi connectivity index (χ0) is 10.8. The molecule has 1 aromatic heterocycles. The molecule has 1 heterocycles. The van der Waals surface area contributed by atoms with Gasteiger partial charge < -0.3 is 0 Å². The lowest BCUT2D eigenvalue weighted by Crippen LogP contribution is -2.16. The first-order valence-corrected chi connectivity index (χ1v) is 5.78. The molecule has 2 rings (SSSR count). The molecule has 0 saturated heterocycles. The highest BCUT2D eigenvalue weighted by molar-refractivity contribution is 5.96. The molecule has 0 bridgehead atoms. The van der Waals surface area contributed by atoms with Gasteiger partial charge in [0.2, 0.25) is 0 Å². The minimum atomic E-state index is 0.238. The quantitative estimate of drug-likeness (QED) is 0.712. The molecule has 15 heavy (non-hydrogen) atoms. The van der Waals surface area contributed by atoms with E-state index in [9.17, 15) is 4.79 Å². The molecule has 3 nitrogen and oxygen atoms in total. The topological polar surface area (TPSA) is 34.9 Å². The maximum absolute atomic E-state index is 12.2. The van der Waals surface area contributed by atoms with Crippen LogP contribution in [-0.4, -0.2) is 15.6 Å².